The van der Waals surface area contributed by atoms with Crippen LogP contribution in [0.1, 0.15) is 40.1 Å². The second kappa shape index (κ2) is 9.14. The molecule has 1 saturated heterocycles. The minimum absolute atomic E-state index is 0.190. The van der Waals surface area contributed by atoms with E-state index in [1.54, 1.807) is 18.3 Å². The number of aryl methyl sites for hydroxylation is 2. The highest BCUT2D eigenvalue weighted by molar-refractivity contribution is 6.05. The lowest BCUT2D eigenvalue weighted by molar-refractivity contribution is -0.274. The van der Waals surface area contributed by atoms with Crippen LogP contribution >= 0.6 is 0 Å². The molecule has 186 valence electrons. The molecule has 36 heavy (non-hydrogen) atoms. The van der Waals surface area contributed by atoms with E-state index in [1.165, 1.54) is 29.2 Å². The maximum atomic E-state index is 13.0. The minimum atomic E-state index is -4.77. The van der Waals surface area contributed by atoms with Crippen molar-refractivity contribution in [3.63, 3.8) is 0 Å². The van der Waals surface area contributed by atoms with Crippen molar-refractivity contribution in [2.24, 2.45) is 0 Å². The van der Waals surface area contributed by atoms with E-state index in [0.717, 1.165) is 11.1 Å². The van der Waals surface area contributed by atoms with Crippen LogP contribution in [0.4, 0.5) is 13.2 Å². The number of nitrogens with zero attached hydrogens (tertiary/aromatic N) is 2. The lowest BCUT2D eigenvalue weighted by atomic mass is 9.99. The number of halogens is 3. The van der Waals surface area contributed by atoms with E-state index in [9.17, 15) is 27.6 Å². The molecule has 3 amide bonds. The van der Waals surface area contributed by atoms with Crippen molar-refractivity contribution in [3.8, 4) is 17.2 Å². The molecule has 2 aliphatic rings. The topological polar surface area (TPSA) is 102 Å². The summed E-state index contributed by atoms with van der Waals surface area (Å²) < 4.78 is 46.7. The highest BCUT2D eigenvalue weighted by Crippen LogP contribution is 2.31. The third kappa shape index (κ3) is 4.81. The first-order chi connectivity index (χ1) is 17.2. The molecule has 0 saturated carbocycles. The first kappa shape index (κ1) is 23.6. The van der Waals surface area contributed by atoms with Gasteiger partial charge in [-0.05, 0) is 54.3 Å². The molecule has 1 unspecified atom stereocenters. The van der Waals surface area contributed by atoms with Crippen molar-refractivity contribution in [2.45, 2.75) is 44.6 Å². The maximum Gasteiger partial charge on any atom is 0.573 e. The molecule has 1 atom stereocenters. The number of benzene rings is 2. The Morgan fingerprint density at radius 2 is 1.86 bits per heavy atom. The molecule has 0 radical (unpaired) electrons. The fraction of sp³-hybridized carbons (Fsp3) is 0.280. The van der Waals surface area contributed by atoms with Gasteiger partial charge in [-0.15, -0.1) is 13.2 Å². The van der Waals surface area contributed by atoms with Gasteiger partial charge in [0.15, 0.2) is 0 Å². The SMILES string of the molecule is O=C1CCC(N2Cc3c(CCc4cnc(-c5ccc(OC(F)(F)F)cc5)o4)cccc3C2=O)C(=O)N1. The summed E-state index contributed by atoms with van der Waals surface area (Å²) in [4.78, 5) is 42.4. The van der Waals surface area contributed by atoms with Crippen LogP contribution in [0.5, 0.6) is 5.75 Å². The summed E-state index contributed by atoms with van der Waals surface area (Å²) in [6.45, 7) is 0.282. The second-order valence-corrected chi connectivity index (χ2v) is 8.55. The summed E-state index contributed by atoms with van der Waals surface area (Å²) >= 11 is 0. The molecule has 3 heterocycles. The molecule has 2 aliphatic heterocycles. The number of ether oxygens (including phenoxy) is 1. The highest BCUT2D eigenvalue weighted by Gasteiger charge is 2.39. The van der Waals surface area contributed by atoms with Gasteiger partial charge in [0.05, 0.1) is 6.20 Å². The Labute approximate surface area is 203 Å². The second-order valence-electron chi connectivity index (χ2n) is 8.55. The predicted octanol–water partition coefficient (Wildman–Crippen LogP) is 3.79. The molecular formula is C25H20F3N3O5. The number of hydrogen-bond acceptors (Lipinski definition) is 6. The average molecular weight is 499 g/mol. The zero-order valence-corrected chi connectivity index (χ0v) is 18.8. The normalized spacial score (nSPS) is 17.8. The van der Waals surface area contributed by atoms with Crippen LogP contribution in [0, 0.1) is 0 Å². The molecule has 3 aromatic rings. The molecule has 0 bridgehead atoms. The van der Waals surface area contributed by atoms with E-state index < -0.39 is 18.3 Å². The fourth-order valence-corrected chi connectivity index (χ4v) is 4.50. The van der Waals surface area contributed by atoms with Gasteiger partial charge in [0, 0.05) is 30.5 Å². The quantitative estimate of drug-likeness (QED) is 0.518. The van der Waals surface area contributed by atoms with Crippen LogP contribution < -0.4 is 10.1 Å². The Morgan fingerprint density at radius 1 is 1.08 bits per heavy atom. The summed E-state index contributed by atoms with van der Waals surface area (Å²) in [5.41, 5.74) is 2.81. The number of aromatic nitrogens is 1. The fourth-order valence-electron chi connectivity index (χ4n) is 4.50. The lowest BCUT2D eigenvalue weighted by Crippen LogP contribution is -2.52. The van der Waals surface area contributed by atoms with E-state index in [-0.39, 0.29) is 36.4 Å². The average Bonchev–Trinajstić information content (AvgIpc) is 3.43. The number of hydrogen-bond donors (Lipinski definition) is 1. The molecule has 0 aliphatic carbocycles. The van der Waals surface area contributed by atoms with Crippen LogP contribution in [0.25, 0.3) is 11.5 Å². The zero-order chi connectivity index (χ0) is 25.4. The Morgan fingerprint density at radius 3 is 2.58 bits per heavy atom. The summed E-state index contributed by atoms with van der Waals surface area (Å²) in [5.74, 6) is -0.525. The van der Waals surface area contributed by atoms with Gasteiger partial charge in [0.25, 0.3) is 5.91 Å². The van der Waals surface area contributed by atoms with E-state index >= 15 is 0 Å². The van der Waals surface area contributed by atoms with Crippen molar-refractivity contribution in [1.82, 2.24) is 15.2 Å². The van der Waals surface area contributed by atoms with E-state index in [0.29, 0.717) is 36.1 Å². The molecule has 2 aromatic carbocycles. The number of piperidine rings is 1. The van der Waals surface area contributed by atoms with Gasteiger partial charge in [0.2, 0.25) is 17.7 Å². The molecule has 1 aromatic heterocycles. The third-order valence-corrected chi connectivity index (χ3v) is 6.21. The molecule has 8 nitrogen and oxygen atoms in total. The third-order valence-electron chi connectivity index (χ3n) is 6.21. The minimum Gasteiger partial charge on any atom is -0.441 e. The molecule has 0 spiro atoms. The monoisotopic (exact) mass is 499 g/mol. The van der Waals surface area contributed by atoms with Crippen molar-refractivity contribution < 1.29 is 36.7 Å². The van der Waals surface area contributed by atoms with Gasteiger partial charge in [-0.1, -0.05) is 12.1 Å². The Kier molecular flexibility index (Phi) is 5.99. The largest absolute Gasteiger partial charge is 0.573 e. The van der Waals surface area contributed by atoms with Gasteiger partial charge < -0.3 is 14.1 Å². The number of imide groups is 1. The van der Waals surface area contributed by atoms with E-state index in [4.69, 9.17) is 4.42 Å². The molecule has 11 heteroatoms. The predicted molar refractivity (Wildman–Crippen MR) is 119 cm³/mol. The Balaban J connectivity index is 1.26. The zero-order valence-electron chi connectivity index (χ0n) is 18.8. The van der Waals surface area contributed by atoms with Crippen molar-refractivity contribution in [1.29, 1.82) is 0 Å². The first-order valence-electron chi connectivity index (χ1n) is 11.2. The Hall–Kier alpha value is -4.15. The summed E-state index contributed by atoms with van der Waals surface area (Å²) in [6, 6.07) is 9.97. The first-order valence-corrected chi connectivity index (χ1v) is 11.2. The number of amides is 3. The molecule has 1 N–H and O–H groups in total. The number of nitrogens with one attached hydrogen (secondary N) is 1. The van der Waals surface area contributed by atoms with E-state index in [2.05, 4.69) is 15.0 Å². The van der Waals surface area contributed by atoms with E-state index in [1.807, 2.05) is 6.07 Å². The van der Waals surface area contributed by atoms with Crippen LogP contribution in [-0.2, 0) is 29.0 Å². The molecule has 1 fully saturated rings. The number of carbonyl (C=O) groups is 3. The van der Waals surface area contributed by atoms with Gasteiger partial charge >= 0.3 is 6.36 Å². The van der Waals surface area contributed by atoms with Crippen LogP contribution in [-0.4, -0.2) is 40.0 Å². The van der Waals surface area contributed by atoms with Crippen LogP contribution in [0.2, 0.25) is 0 Å². The van der Waals surface area contributed by atoms with Crippen molar-refractivity contribution in [3.05, 3.63) is 71.1 Å². The van der Waals surface area contributed by atoms with Crippen molar-refractivity contribution in [2.75, 3.05) is 0 Å². The number of alkyl halides is 3. The van der Waals surface area contributed by atoms with Crippen LogP contribution in [0.3, 0.4) is 0 Å². The maximum absolute atomic E-state index is 13.0. The number of carbonyl (C=O) groups excluding carboxylic acids is 3. The smallest absolute Gasteiger partial charge is 0.441 e. The standard InChI is InChI=1S/C25H20F3N3O5/c26-25(27,28)36-16-7-5-15(6-8-16)23-29-12-17(35-23)9-4-14-2-1-3-18-19(14)13-31(24(18)34)20-10-11-21(32)30-22(20)33/h1-3,5-8,12,20H,4,9-11,13H2,(H,30,32,33). The number of fused-ring (bicyclic) bond motifs is 1. The Bertz CT molecular complexity index is 1330. The number of oxazole rings is 1. The van der Waals surface area contributed by atoms with Crippen LogP contribution in [0.15, 0.2) is 53.1 Å². The van der Waals surface area contributed by atoms with Gasteiger partial charge in [-0.25, -0.2) is 4.98 Å². The van der Waals surface area contributed by atoms with Gasteiger partial charge in [0.1, 0.15) is 17.6 Å². The number of rotatable bonds is 6. The summed E-state index contributed by atoms with van der Waals surface area (Å²) in [7, 11) is 0. The summed E-state index contributed by atoms with van der Waals surface area (Å²) in [6.07, 6.45) is -1.70. The molecule has 5 rings (SSSR count). The highest BCUT2D eigenvalue weighted by atomic mass is 19.4. The van der Waals surface area contributed by atoms with Gasteiger partial charge in [-0.3, -0.25) is 19.7 Å². The molecular weight excluding hydrogens is 479 g/mol. The summed E-state index contributed by atoms with van der Waals surface area (Å²) in [5, 5.41) is 2.30. The lowest BCUT2D eigenvalue weighted by Gasteiger charge is -2.29. The van der Waals surface area contributed by atoms with Gasteiger partial charge in [-0.2, -0.15) is 0 Å². The van der Waals surface area contributed by atoms with Crippen molar-refractivity contribution >= 4 is 17.7 Å².